The summed E-state index contributed by atoms with van der Waals surface area (Å²) >= 11 is 0. The van der Waals surface area contributed by atoms with Gasteiger partial charge in [-0.1, -0.05) is 6.07 Å². The largest absolute Gasteiger partial charge is 0.478 e. The van der Waals surface area contributed by atoms with E-state index in [1.54, 1.807) is 19.1 Å². The zero-order valence-corrected chi connectivity index (χ0v) is 11.9. The van der Waals surface area contributed by atoms with E-state index in [1.807, 2.05) is 0 Å². The van der Waals surface area contributed by atoms with Crippen molar-refractivity contribution in [3.63, 3.8) is 0 Å². The first-order valence-electron chi connectivity index (χ1n) is 5.92. The predicted octanol–water partition coefficient (Wildman–Crippen LogP) is 2.13. The maximum Gasteiger partial charge on any atom is 0.336 e. The van der Waals surface area contributed by atoms with Crippen molar-refractivity contribution in [2.24, 2.45) is 5.14 Å². The van der Waals surface area contributed by atoms with Crippen LogP contribution in [0.3, 0.4) is 0 Å². The first kappa shape index (κ1) is 15.0. The van der Waals surface area contributed by atoms with E-state index in [0.717, 1.165) is 0 Å². The van der Waals surface area contributed by atoms with Crippen molar-refractivity contribution >= 4 is 16.0 Å². The second-order valence-corrected chi connectivity index (χ2v) is 5.91. The molecule has 0 fully saturated rings. The molecule has 2 rings (SSSR count). The van der Waals surface area contributed by atoms with Crippen LogP contribution in [0.1, 0.15) is 15.9 Å². The van der Waals surface area contributed by atoms with Gasteiger partial charge in [0.25, 0.3) is 0 Å². The zero-order chi connectivity index (χ0) is 15.6. The Morgan fingerprint density at radius 3 is 2.29 bits per heavy atom. The van der Waals surface area contributed by atoms with Gasteiger partial charge in [-0.05, 0) is 43.3 Å². The minimum atomic E-state index is -3.75. The SMILES string of the molecule is Cc1c(Oc2ccc(S(N)(=O)=O)cc2)cccc1C(=O)O. The van der Waals surface area contributed by atoms with Crippen LogP contribution in [-0.4, -0.2) is 19.5 Å². The van der Waals surface area contributed by atoms with E-state index in [9.17, 15) is 13.2 Å². The summed E-state index contributed by atoms with van der Waals surface area (Å²) in [6.07, 6.45) is 0. The Bertz CT molecular complexity index is 782. The molecule has 0 aliphatic heterocycles. The molecule has 21 heavy (non-hydrogen) atoms. The van der Waals surface area contributed by atoms with Gasteiger partial charge in [0.1, 0.15) is 11.5 Å². The third-order valence-corrected chi connectivity index (χ3v) is 3.82. The molecule has 0 atom stereocenters. The zero-order valence-electron chi connectivity index (χ0n) is 11.1. The Morgan fingerprint density at radius 2 is 1.76 bits per heavy atom. The normalized spacial score (nSPS) is 11.1. The maximum atomic E-state index is 11.1. The molecule has 0 bridgehead atoms. The van der Waals surface area contributed by atoms with E-state index >= 15 is 0 Å². The van der Waals surface area contributed by atoms with Crippen LogP contribution in [-0.2, 0) is 10.0 Å². The van der Waals surface area contributed by atoms with Gasteiger partial charge < -0.3 is 9.84 Å². The number of rotatable bonds is 4. The first-order chi connectivity index (χ1) is 9.79. The molecule has 6 nitrogen and oxygen atoms in total. The van der Waals surface area contributed by atoms with E-state index in [1.165, 1.54) is 30.3 Å². The van der Waals surface area contributed by atoms with Crippen LogP contribution >= 0.6 is 0 Å². The monoisotopic (exact) mass is 307 g/mol. The standard InChI is InChI=1S/C14H13NO5S/c1-9-12(14(16)17)3-2-4-13(9)20-10-5-7-11(8-6-10)21(15,18)19/h2-8H,1H3,(H,16,17)(H2,15,18,19). The second kappa shape index (κ2) is 5.55. The number of carboxylic acids is 1. The molecule has 2 aromatic carbocycles. The molecule has 2 aromatic rings. The first-order valence-corrected chi connectivity index (χ1v) is 7.47. The van der Waals surface area contributed by atoms with E-state index in [-0.39, 0.29) is 10.5 Å². The minimum Gasteiger partial charge on any atom is -0.478 e. The summed E-state index contributed by atoms with van der Waals surface area (Å²) in [6, 6.07) is 10.2. The van der Waals surface area contributed by atoms with Crippen molar-refractivity contribution in [1.82, 2.24) is 0 Å². The summed E-state index contributed by atoms with van der Waals surface area (Å²) in [7, 11) is -3.75. The topological polar surface area (TPSA) is 107 Å². The third-order valence-electron chi connectivity index (χ3n) is 2.89. The maximum absolute atomic E-state index is 11.1. The fourth-order valence-electron chi connectivity index (χ4n) is 1.78. The Kier molecular flexibility index (Phi) is 3.97. The Morgan fingerprint density at radius 1 is 1.14 bits per heavy atom. The average Bonchev–Trinajstić information content (AvgIpc) is 2.40. The summed E-state index contributed by atoms with van der Waals surface area (Å²) in [5.41, 5.74) is 0.633. The molecule has 0 saturated heterocycles. The quantitative estimate of drug-likeness (QED) is 0.899. The van der Waals surface area contributed by atoms with Gasteiger partial charge in [0.15, 0.2) is 0 Å². The number of nitrogens with two attached hydrogens (primary N) is 1. The molecule has 0 aliphatic rings. The van der Waals surface area contributed by atoms with E-state index < -0.39 is 16.0 Å². The summed E-state index contributed by atoms with van der Waals surface area (Å²) in [6.45, 7) is 1.64. The number of carboxylic acid groups (broad SMARTS) is 1. The van der Waals surface area contributed by atoms with E-state index in [0.29, 0.717) is 17.1 Å². The van der Waals surface area contributed by atoms with Crippen molar-refractivity contribution in [3.05, 3.63) is 53.6 Å². The number of primary sulfonamides is 1. The van der Waals surface area contributed by atoms with Crippen molar-refractivity contribution in [1.29, 1.82) is 0 Å². The third kappa shape index (κ3) is 3.39. The molecule has 0 saturated carbocycles. The molecule has 0 spiro atoms. The fourth-order valence-corrected chi connectivity index (χ4v) is 2.30. The molecule has 110 valence electrons. The summed E-state index contributed by atoms with van der Waals surface area (Å²) in [4.78, 5) is 11.0. The van der Waals surface area contributed by atoms with Crippen LogP contribution in [0.5, 0.6) is 11.5 Å². The van der Waals surface area contributed by atoms with Crippen LogP contribution in [0.4, 0.5) is 0 Å². The number of hydrogen-bond acceptors (Lipinski definition) is 4. The van der Waals surface area contributed by atoms with Gasteiger partial charge >= 0.3 is 5.97 Å². The smallest absolute Gasteiger partial charge is 0.336 e. The molecule has 0 aliphatic carbocycles. The molecule has 3 N–H and O–H groups in total. The number of aromatic carboxylic acids is 1. The molecule has 0 unspecified atom stereocenters. The van der Waals surface area contributed by atoms with Gasteiger partial charge in [-0.3, -0.25) is 0 Å². The summed E-state index contributed by atoms with van der Waals surface area (Å²) < 4.78 is 27.9. The summed E-state index contributed by atoms with van der Waals surface area (Å²) in [5, 5.41) is 14.0. The van der Waals surface area contributed by atoms with Crippen molar-refractivity contribution < 1.29 is 23.1 Å². The van der Waals surface area contributed by atoms with Gasteiger partial charge in [0.05, 0.1) is 10.5 Å². The Balaban J connectivity index is 2.31. The number of sulfonamides is 1. The number of hydrogen-bond donors (Lipinski definition) is 2. The van der Waals surface area contributed by atoms with Crippen molar-refractivity contribution in [3.8, 4) is 11.5 Å². The molecule has 0 radical (unpaired) electrons. The fraction of sp³-hybridized carbons (Fsp3) is 0.0714. The van der Waals surface area contributed by atoms with E-state index in [2.05, 4.69) is 0 Å². The van der Waals surface area contributed by atoms with Crippen LogP contribution in [0.25, 0.3) is 0 Å². The highest BCUT2D eigenvalue weighted by Crippen LogP contribution is 2.27. The van der Waals surface area contributed by atoms with Crippen LogP contribution in [0.2, 0.25) is 0 Å². The van der Waals surface area contributed by atoms with Gasteiger partial charge in [-0.2, -0.15) is 0 Å². The van der Waals surface area contributed by atoms with Crippen LogP contribution < -0.4 is 9.88 Å². The number of carbonyl (C=O) groups is 1. The van der Waals surface area contributed by atoms with Gasteiger partial charge in [0.2, 0.25) is 10.0 Å². The summed E-state index contributed by atoms with van der Waals surface area (Å²) in [5.74, 6) is -0.270. The highest BCUT2D eigenvalue weighted by molar-refractivity contribution is 7.89. The Hall–Kier alpha value is -2.38. The Labute approximate surface area is 121 Å². The second-order valence-electron chi connectivity index (χ2n) is 4.35. The van der Waals surface area contributed by atoms with E-state index in [4.69, 9.17) is 15.0 Å². The van der Waals surface area contributed by atoms with Crippen LogP contribution in [0.15, 0.2) is 47.4 Å². The molecular weight excluding hydrogens is 294 g/mol. The number of benzene rings is 2. The molecule has 0 amide bonds. The van der Waals surface area contributed by atoms with Crippen molar-refractivity contribution in [2.75, 3.05) is 0 Å². The van der Waals surface area contributed by atoms with Gasteiger partial charge in [-0.15, -0.1) is 0 Å². The minimum absolute atomic E-state index is 0.0224. The van der Waals surface area contributed by atoms with Crippen LogP contribution in [0, 0.1) is 6.92 Å². The lowest BCUT2D eigenvalue weighted by atomic mass is 10.1. The number of ether oxygens (including phenoxy) is 1. The average molecular weight is 307 g/mol. The highest BCUT2D eigenvalue weighted by Gasteiger charge is 2.12. The van der Waals surface area contributed by atoms with Gasteiger partial charge in [0, 0.05) is 5.56 Å². The van der Waals surface area contributed by atoms with Gasteiger partial charge in [-0.25, -0.2) is 18.4 Å². The lowest BCUT2D eigenvalue weighted by Crippen LogP contribution is -2.11. The lowest BCUT2D eigenvalue weighted by Gasteiger charge is -2.10. The highest BCUT2D eigenvalue weighted by atomic mass is 32.2. The molecular formula is C14H13NO5S. The predicted molar refractivity (Wildman–Crippen MR) is 76.0 cm³/mol. The molecule has 7 heteroatoms. The van der Waals surface area contributed by atoms with Crippen molar-refractivity contribution in [2.45, 2.75) is 11.8 Å². The molecule has 0 heterocycles. The lowest BCUT2D eigenvalue weighted by molar-refractivity contribution is 0.0695. The molecule has 0 aromatic heterocycles.